The molecule has 5 nitrogen and oxygen atoms in total. The van der Waals surface area contributed by atoms with Crippen molar-refractivity contribution in [3.05, 3.63) is 56.8 Å². The van der Waals surface area contributed by atoms with E-state index in [1.165, 1.54) is 6.08 Å². The van der Waals surface area contributed by atoms with Crippen LogP contribution in [0.15, 0.2) is 24.3 Å². The third kappa shape index (κ3) is 4.38. The molecule has 1 aromatic carbocycles. The summed E-state index contributed by atoms with van der Waals surface area (Å²) in [4.78, 5) is 11.7. The van der Waals surface area contributed by atoms with Crippen LogP contribution in [0.4, 0.5) is 0 Å². The Bertz CT molecular complexity index is 761. The van der Waals surface area contributed by atoms with Crippen molar-refractivity contribution in [2.45, 2.75) is 20.4 Å². The van der Waals surface area contributed by atoms with Crippen LogP contribution in [-0.4, -0.2) is 34.8 Å². The molecule has 0 fully saturated rings. The van der Waals surface area contributed by atoms with E-state index >= 15 is 0 Å². The standard InChI is InChI=1S/C17H20Cl2N4O/c1-11-13(8-9-17(24)21-22(3)4)12(2)23(20-11)10-14-15(18)6-5-7-16(14)19/h5-9H,10H2,1-4H3,(H,21,24)/b9-8+. The number of amides is 1. The molecule has 0 saturated heterocycles. The Balaban J connectivity index is 2.26. The average Bonchev–Trinajstić information content (AvgIpc) is 2.74. The lowest BCUT2D eigenvalue weighted by Crippen LogP contribution is -2.34. The first-order valence-electron chi connectivity index (χ1n) is 7.42. The fraction of sp³-hybridized carbons (Fsp3) is 0.294. The second kappa shape index (κ2) is 7.83. The quantitative estimate of drug-likeness (QED) is 0.651. The first-order chi connectivity index (χ1) is 11.3. The summed E-state index contributed by atoms with van der Waals surface area (Å²) >= 11 is 12.5. The summed E-state index contributed by atoms with van der Waals surface area (Å²) in [5.74, 6) is -0.194. The van der Waals surface area contributed by atoms with Crippen molar-refractivity contribution in [2.75, 3.05) is 14.1 Å². The molecule has 128 valence electrons. The van der Waals surface area contributed by atoms with Gasteiger partial charge in [0, 0.05) is 47.0 Å². The van der Waals surface area contributed by atoms with Crippen molar-refractivity contribution in [3.63, 3.8) is 0 Å². The highest BCUT2D eigenvalue weighted by Gasteiger charge is 2.13. The molecule has 0 spiro atoms. The number of nitrogens with zero attached hydrogens (tertiary/aromatic N) is 3. The molecule has 7 heteroatoms. The lowest BCUT2D eigenvalue weighted by Gasteiger charge is -2.09. The number of benzene rings is 1. The minimum Gasteiger partial charge on any atom is -0.286 e. The molecule has 24 heavy (non-hydrogen) atoms. The number of nitrogens with one attached hydrogen (secondary N) is 1. The number of carbonyl (C=O) groups excluding carboxylic acids is 1. The predicted molar refractivity (Wildman–Crippen MR) is 98.1 cm³/mol. The Kier molecular flexibility index (Phi) is 6.04. The number of aryl methyl sites for hydroxylation is 1. The summed E-state index contributed by atoms with van der Waals surface area (Å²) < 4.78 is 1.84. The van der Waals surface area contributed by atoms with E-state index < -0.39 is 0 Å². The van der Waals surface area contributed by atoms with Gasteiger partial charge in [0.15, 0.2) is 0 Å². The smallest absolute Gasteiger partial charge is 0.258 e. The van der Waals surface area contributed by atoms with Crippen molar-refractivity contribution in [1.82, 2.24) is 20.2 Å². The molecule has 0 aliphatic rings. The van der Waals surface area contributed by atoms with Crippen LogP contribution in [0.2, 0.25) is 10.0 Å². The van der Waals surface area contributed by atoms with Gasteiger partial charge in [0.25, 0.3) is 5.91 Å². The molecule has 2 rings (SSSR count). The maximum absolute atomic E-state index is 11.7. The van der Waals surface area contributed by atoms with Crippen LogP contribution in [0.25, 0.3) is 6.08 Å². The van der Waals surface area contributed by atoms with Crippen LogP contribution >= 0.6 is 23.2 Å². The van der Waals surface area contributed by atoms with Crippen LogP contribution in [0.5, 0.6) is 0 Å². The number of hydrazine groups is 1. The normalized spacial score (nSPS) is 11.5. The van der Waals surface area contributed by atoms with Gasteiger partial charge in [-0.1, -0.05) is 29.3 Å². The van der Waals surface area contributed by atoms with Crippen molar-refractivity contribution >= 4 is 35.2 Å². The topological polar surface area (TPSA) is 50.2 Å². The van der Waals surface area contributed by atoms with Gasteiger partial charge in [-0.05, 0) is 32.1 Å². The lowest BCUT2D eigenvalue weighted by molar-refractivity contribution is -0.119. The number of rotatable bonds is 5. The minimum absolute atomic E-state index is 0.194. The number of hydrogen-bond donors (Lipinski definition) is 1. The Labute approximate surface area is 151 Å². The van der Waals surface area contributed by atoms with Crippen LogP contribution in [0.3, 0.4) is 0 Å². The molecule has 1 heterocycles. The van der Waals surface area contributed by atoms with Gasteiger partial charge in [0.1, 0.15) is 0 Å². The Morgan fingerprint density at radius 2 is 1.92 bits per heavy atom. The average molecular weight is 367 g/mol. The van der Waals surface area contributed by atoms with E-state index in [2.05, 4.69) is 10.5 Å². The summed E-state index contributed by atoms with van der Waals surface area (Å²) in [6, 6.07) is 5.43. The van der Waals surface area contributed by atoms with Gasteiger partial charge in [-0.15, -0.1) is 0 Å². The molecule has 2 aromatic rings. The zero-order valence-electron chi connectivity index (χ0n) is 14.1. The number of carbonyl (C=O) groups is 1. The van der Waals surface area contributed by atoms with Crippen molar-refractivity contribution in [2.24, 2.45) is 0 Å². The van der Waals surface area contributed by atoms with Gasteiger partial charge in [0.2, 0.25) is 0 Å². The summed E-state index contributed by atoms with van der Waals surface area (Å²) in [5.41, 5.74) is 6.17. The fourth-order valence-electron chi connectivity index (χ4n) is 2.36. The van der Waals surface area contributed by atoms with E-state index in [1.54, 1.807) is 37.3 Å². The highest BCUT2D eigenvalue weighted by Crippen LogP contribution is 2.26. The third-order valence-corrected chi connectivity index (χ3v) is 4.25. The van der Waals surface area contributed by atoms with Gasteiger partial charge in [-0.2, -0.15) is 5.10 Å². The molecule has 0 radical (unpaired) electrons. The largest absolute Gasteiger partial charge is 0.286 e. The van der Waals surface area contributed by atoms with E-state index in [4.69, 9.17) is 23.2 Å². The lowest BCUT2D eigenvalue weighted by atomic mass is 10.1. The second-order valence-electron chi connectivity index (χ2n) is 5.65. The Morgan fingerprint density at radius 1 is 1.29 bits per heavy atom. The maximum Gasteiger partial charge on any atom is 0.258 e. The van der Waals surface area contributed by atoms with Gasteiger partial charge in [-0.3, -0.25) is 14.9 Å². The van der Waals surface area contributed by atoms with E-state index in [0.29, 0.717) is 16.6 Å². The number of hydrogen-bond acceptors (Lipinski definition) is 3. The van der Waals surface area contributed by atoms with Crippen LogP contribution in [-0.2, 0) is 11.3 Å². The molecule has 0 aliphatic carbocycles. The van der Waals surface area contributed by atoms with E-state index in [0.717, 1.165) is 22.5 Å². The van der Waals surface area contributed by atoms with Crippen LogP contribution in [0, 0.1) is 13.8 Å². The van der Waals surface area contributed by atoms with Crippen molar-refractivity contribution < 1.29 is 4.79 Å². The van der Waals surface area contributed by atoms with Crippen LogP contribution < -0.4 is 5.43 Å². The molecular formula is C17H20Cl2N4O. The monoisotopic (exact) mass is 366 g/mol. The zero-order valence-corrected chi connectivity index (χ0v) is 15.6. The highest BCUT2D eigenvalue weighted by molar-refractivity contribution is 6.35. The second-order valence-corrected chi connectivity index (χ2v) is 6.46. The summed E-state index contributed by atoms with van der Waals surface area (Å²) in [5, 5.41) is 7.34. The fourth-order valence-corrected chi connectivity index (χ4v) is 2.87. The molecule has 0 aliphatic heterocycles. The predicted octanol–water partition coefficient (Wildman–Crippen LogP) is 3.46. The first kappa shape index (κ1) is 18.5. The van der Waals surface area contributed by atoms with E-state index in [1.807, 2.05) is 24.6 Å². The Morgan fingerprint density at radius 3 is 2.50 bits per heavy atom. The molecule has 1 aromatic heterocycles. The van der Waals surface area contributed by atoms with E-state index in [-0.39, 0.29) is 5.91 Å². The summed E-state index contributed by atoms with van der Waals surface area (Å²) in [6.07, 6.45) is 3.25. The van der Waals surface area contributed by atoms with Crippen LogP contribution in [0.1, 0.15) is 22.5 Å². The molecular weight excluding hydrogens is 347 g/mol. The zero-order chi connectivity index (χ0) is 17.9. The van der Waals surface area contributed by atoms with Gasteiger partial charge in [0.05, 0.1) is 12.2 Å². The minimum atomic E-state index is -0.194. The molecule has 0 bridgehead atoms. The van der Waals surface area contributed by atoms with Gasteiger partial charge < -0.3 is 0 Å². The molecule has 1 N–H and O–H groups in total. The molecule has 0 unspecified atom stereocenters. The van der Waals surface area contributed by atoms with Gasteiger partial charge >= 0.3 is 0 Å². The SMILES string of the molecule is Cc1nn(Cc2c(Cl)cccc2Cl)c(C)c1/C=C/C(=O)NN(C)C. The molecule has 1 amide bonds. The highest BCUT2D eigenvalue weighted by atomic mass is 35.5. The van der Waals surface area contributed by atoms with E-state index in [9.17, 15) is 4.79 Å². The number of halogens is 2. The summed E-state index contributed by atoms with van der Waals surface area (Å²) in [7, 11) is 3.52. The first-order valence-corrected chi connectivity index (χ1v) is 8.18. The third-order valence-electron chi connectivity index (χ3n) is 3.54. The Hall–Kier alpha value is -1.82. The maximum atomic E-state index is 11.7. The molecule has 0 saturated carbocycles. The molecule has 0 atom stereocenters. The van der Waals surface area contributed by atoms with Crippen molar-refractivity contribution in [3.8, 4) is 0 Å². The van der Waals surface area contributed by atoms with Crippen molar-refractivity contribution in [1.29, 1.82) is 0 Å². The summed E-state index contributed by atoms with van der Waals surface area (Å²) in [6.45, 7) is 4.33. The van der Waals surface area contributed by atoms with Gasteiger partial charge in [-0.25, -0.2) is 5.01 Å². The number of aromatic nitrogens is 2.